The molecule has 0 unspecified atom stereocenters. The molecule has 0 aliphatic rings. The molecule has 0 saturated heterocycles. The number of rotatable bonds is 2. The van der Waals surface area contributed by atoms with E-state index in [1.54, 1.807) is 12.2 Å². The zero-order chi connectivity index (χ0) is 12.3. The van der Waals surface area contributed by atoms with Crippen LogP contribution in [0.5, 0.6) is 0 Å². The number of carboxylic acid groups (broad SMARTS) is 1. The number of esters is 1. The van der Waals surface area contributed by atoms with E-state index in [1.165, 1.54) is 13.2 Å². The molecule has 15 heavy (non-hydrogen) atoms. The number of methoxy groups -OCH3 is 1. The van der Waals surface area contributed by atoms with Gasteiger partial charge in [0.25, 0.3) is 5.91 Å². The Balaban J connectivity index is 0. The standard InChI is InChI=1S/C5H7NO3.C4H6O2/c1-2-3-4(7)6-5(8)9;1-3-4(5)6-2/h2-3H,1H3,(H,6,7)(H,8,9);3H,1H2,2H3. The fourth-order valence-corrected chi connectivity index (χ4v) is 0.382. The van der Waals surface area contributed by atoms with Crippen LogP contribution in [0.4, 0.5) is 4.79 Å². The lowest BCUT2D eigenvalue weighted by Gasteiger charge is -1.89. The van der Waals surface area contributed by atoms with Crippen LogP contribution in [-0.4, -0.2) is 30.2 Å². The summed E-state index contributed by atoms with van der Waals surface area (Å²) in [7, 11) is 1.31. The Morgan fingerprint density at radius 1 is 1.40 bits per heavy atom. The van der Waals surface area contributed by atoms with Gasteiger partial charge in [0.15, 0.2) is 0 Å². The number of nitrogens with one attached hydrogen (secondary N) is 1. The molecule has 84 valence electrons. The molecule has 0 spiro atoms. The summed E-state index contributed by atoms with van der Waals surface area (Å²) in [4.78, 5) is 29.8. The first-order chi connectivity index (χ1) is 6.97. The number of imide groups is 1. The van der Waals surface area contributed by atoms with Crippen molar-refractivity contribution in [3.05, 3.63) is 24.8 Å². The number of hydrogen-bond acceptors (Lipinski definition) is 4. The monoisotopic (exact) mass is 215 g/mol. The molecule has 6 nitrogen and oxygen atoms in total. The smallest absolute Gasteiger partial charge is 0.411 e. The van der Waals surface area contributed by atoms with Crippen molar-refractivity contribution in [3.8, 4) is 0 Å². The summed E-state index contributed by atoms with van der Waals surface area (Å²) in [6, 6.07) is 0. The van der Waals surface area contributed by atoms with Crippen molar-refractivity contribution in [3.63, 3.8) is 0 Å². The van der Waals surface area contributed by atoms with E-state index >= 15 is 0 Å². The van der Waals surface area contributed by atoms with Crippen molar-refractivity contribution < 1.29 is 24.2 Å². The van der Waals surface area contributed by atoms with Gasteiger partial charge in [-0.1, -0.05) is 12.7 Å². The van der Waals surface area contributed by atoms with E-state index in [9.17, 15) is 14.4 Å². The van der Waals surface area contributed by atoms with E-state index in [-0.39, 0.29) is 0 Å². The quantitative estimate of drug-likeness (QED) is 0.522. The molecule has 0 radical (unpaired) electrons. The highest BCUT2D eigenvalue weighted by molar-refractivity contribution is 5.97. The molecular weight excluding hydrogens is 202 g/mol. The van der Waals surface area contributed by atoms with E-state index in [0.717, 1.165) is 12.2 Å². The molecule has 2 N–H and O–H groups in total. The Morgan fingerprint density at radius 3 is 2.13 bits per heavy atom. The largest absolute Gasteiger partial charge is 0.466 e. The van der Waals surface area contributed by atoms with Crippen molar-refractivity contribution in [2.75, 3.05) is 7.11 Å². The molecule has 0 aromatic rings. The summed E-state index contributed by atoms with van der Waals surface area (Å²) in [5, 5.41) is 9.58. The van der Waals surface area contributed by atoms with Crippen LogP contribution in [0.3, 0.4) is 0 Å². The fraction of sp³-hybridized carbons (Fsp3) is 0.222. The summed E-state index contributed by atoms with van der Waals surface area (Å²) in [6.45, 7) is 4.78. The lowest BCUT2D eigenvalue weighted by molar-refractivity contribution is -0.134. The first kappa shape index (κ1) is 15.4. The maximum absolute atomic E-state index is 10.3. The number of ether oxygens (including phenoxy) is 1. The predicted molar refractivity (Wildman–Crippen MR) is 53.2 cm³/mol. The third-order valence-corrected chi connectivity index (χ3v) is 0.916. The van der Waals surface area contributed by atoms with Crippen LogP contribution in [0.25, 0.3) is 0 Å². The van der Waals surface area contributed by atoms with Crippen LogP contribution in [0, 0.1) is 0 Å². The van der Waals surface area contributed by atoms with Crippen molar-refractivity contribution in [1.82, 2.24) is 5.32 Å². The molecule has 0 atom stereocenters. The molecule has 0 saturated carbocycles. The zero-order valence-corrected chi connectivity index (χ0v) is 8.52. The van der Waals surface area contributed by atoms with Crippen molar-refractivity contribution in [2.24, 2.45) is 0 Å². The first-order valence-electron chi connectivity index (χ1n) is 3.84. The predicted octanol–water partition coefficient (Wildman–Crippen LogP) is 0.702. The van der Waals surface area contributed by atoms with E-state index in [4.69, 9.17) is 5.11 Å². The van der Waals surface area contributed by atoms with Crippen LogP contribution < -0.4 is 5.32 Å². The van der Waals surface area contributed by atoms with Gasteiger partial charge in [0.1, 0.15) is 0 Å². The topological polar surface area (TPSA) is 92.7 Å². The van der Waals surface area contributed by atoms with Crippen molar-refractivity contribution in [1.29, 1.82) is 0 Å². The minimum atomic E-state index is -1.34. The van der Waals surface area contributed by atoms with Gasteiger partial charge < -0.3 is 9.84 Å². The summed E-state index contributed by atoms with van der Waals surface area (Å²) in [5.74, 6) is -1.01. The molecule has 0 heterocycles. The van der Waals surface area contributed by atoms with Gasteiger partial charge in [0, 0.05) is 6.08 Å². The van der Waals surface area contributed by atoms with E-state index < -0.39 is 18.0 Å². The van der Waals surface area contributed by atoms with Gasteiger partial charge in [-0.3, -0.25) is 10.1 Å². The van der Waals surface area contributed by atoms with Crippen LogP contribution in [0.15, 0.2) is 24.8 Å². The molecule has 0 fully saturated rings. The molecule has 0 rings (SSSR count). The minimum absolute atomic E-state index is 0.394. The van der Waals surface area contributed by atoms with Crippen molar-refractivity contribution >= 4 is 18.0 Å². The van der Waals surface area contributed by atoms with Crippen LogP contribution in [0.1, 0.15) is 6.92 Å². The molecule has 0 aliphatic carbocycles. The number of amides is 2. The Morgan fingerprint density at radius 2 is 1.93 bits per heavy atom. The lowest BCUT2D eigenvalue weighted by Crippen LogP contribution is -2.26. The normalized spacial score (nSPS) is 8.40. The van der Waals surface area contributed by atoms with Crippen LogP contribution in [-0.2, 0) is 14.3 Å². The van der Waals surface area contributed by atoms with Crippen molar-refractivity contribution in [2.45, 2.75) is 6.92 Å². The second kappa shape index (κ2) is 9.97. The molecule has 0 bridgehead atoms. The highest BCUT2D eigenvalue weighted by Crippen LogP contribution is 1.70. The van der Waals surface area contributed by atoms with Gasteiger partial charge in [-0.25, -0.2) is 9.59 Å². The van der Waals surface area contributed by atoms with Gasteiger partial charge in [0.05, 0.1) is 7.11 Å². The second-order valence-electron chi connectivity index (χ2n) is 2.02. The molecule has 0 aliphatic heterocycles. The second-order valence-corrected chi connectivity index (χ2v) is 2.02. The lowest BCUT2D eigenvalue weighted by atomic mass is 10.5. The number of allylic oxidation sites excluding steroid dienone is 1. The third-order valence-electron chi connectivity index (χ3n) is 0.916. The molecule has 0 aromatic carbocycles. The van der Waals surface area contributed by atoms with E-state index in [1.807, 2.05) is 0 Å². The molecular formula is C9H13NO5. The Kier molecular flexibility index (Phi) is 10.2. The van der Waals surface area contributed by atoms with Crippen LogP contribution in [0.2, 0.25) is 0 Å². The first-order valence-corrected chi connectivity index (χ1v) is 3.84. The summed E-state index contributed by atoms with van der Waals surface area (Å²) < 4.78 is 4.14. The number of hydrogen-bond donors (Lipinski definition) is 2. The average Bonchev–Trinajstić information content (AvgIpc) is 2.16. The average molecular weight is 215 g/mol. The minimum Gasteiger partial charge on any atom is -0.466 e. The number of carbonyl (C=O) groups excluding carboxylic acids is 2. The zero-order valence-electron chi connectivity index (χ0n) is 8.52. The highest BCUT2D eigenvalue weighted by Gasteiger charge is 1.97. The van der Waals surface area contributed by atoms with E-state index in [2.05, 4.69) is 11.3 Å². The summed E-state index contributed by atoms with van der Waals surface area (Å²) in [6.07, 6.45) is 2.37. The maximum Gasteiger partial charge on any atom is 0.411 e. The Labute approximate surface area is 87.2 Å². The summed E-state index contributed by atoms with van der Waals surface area (Å²) >= 11 is 0. The van der Waals surface area contributed by atoms with Gasteiger partial charge in [-0.2, -0.15) is 0 Å². The summed E-state index contributed by atoms with van der Waals surface area (Å²) in [5.41, 5.74) is 0. The van der Waals surface area contributed by atoms with Crippen LogP contribution >= 0.6 is 0 Å². The maximum atomic E-state index is 10.3. The number of carbonyl (C=O) groups is 3. The molecule has 0 aromatic heterocycles. The van der Waals surface area contributed by atoms with E-state index in [0.29, 0.717) is 0 Å². The molecule has 6 heteroatoms. The van der Waals surface area contributed by atoms with Gasteiger partial charge >= 0.3 is 12.1 Å². The van der Waals surface area contributed by atoms with Gasteiger partial charge in [-0.15, -0.1) is 0 Å². The van der Waals surface area contributed by atoms with Gasteiger partial charge in [0.2, 0.25) is 0 Å². The Bertz CT molecular complexity index is 270. The highest BCUT2D eigenvalue weighted by atomic mass is 16.5. The SMILES string of the molecule is C=CC(=O)OC.CC=CC(=O)NC(=O)O. The third kappa shape index (κ3) is 14.7. The molecule has 2 amide bonds. The van der Waals surface area contributed by atoms with Gasteiger partial charge in [-0.05, 0) is 13.0 Å². The fourth-order valence-electron chi connectivity index (χ4n) is 0.382. The Hall–Kier alpha value is -2.11.